The van der Waals surface area contributed by atoms with Crippen LogP contribution in [-0.2, 0) is 6.15 Å². The van der Waals surface area contributed by atoms with E-state index in [0.717, 1.165) is 0 Å². The van der Waals surface area contributed by atoms with Crippen molar-refractivity contribution in [3.63, 3.8) is 0 Å². The van der Waals surface area contributed by atoms with Gasteiger partial charge in [-0.15, -0.1) is 0 Å². The van der Waals surface area contributed by atoms with E-state index in [1.165, 1.54) is 0 Å². The molecular weight excluding hydrogens is 760 g/mol. The Morgan fingerprint density at radius 2 is 0.400 bits per heavy atom. The Kier molecular flexibility index (Phi) is 642. The number of hydrogen-bond donors (Lipinski definition) is 0. The van der Waals surface area contributed by atoms with Crippen molar-refractivity contribution >= 4 is 21.1 Å². The van der Waals surface area contributed by atoms with Crippen molar-refractivity contribution in [1.82, 2.24) is 0 Å². The molecule has 0 aromatic heterocycles. The first-order valence-corrected chi connectivity index (χ1v) is 2.74. The molecule has 0 aliphatic rings. The fraction of sp³-hybridized carbons (Fsp3) is 0. The van der Waals surface area contributed by atoms with Crippen molar-refractivity contribution < 1.29 is 388 Å². The summed E-state index contributed by atoms with van der Waals surface area (Å²) in [6.07, 6.45) is 0. The molecule has 0 aromatic carbocycles. The summed E-state index contributed by atoms with van der Waals surface area (Å²) in [5, 5.41) is 0. The molecule has 8 nitrogen and oxygen atoms in total. The average Bonchev–Trinajstić information content (AvgIpc) is 0.918. The molecule has 0 atom stereocenters. The van der Waals surface area contributed by atoms with Gasteiger partial charge in [-0.05, 0) is 0 Å². The van der Waals surface area contributed by atoms with Gasteiger partial charge in [0.25, 0.3) is 0 Å². The maximum Gasteiger partial charge on any atom is 1.00 e. The summed E-state index contributed by atoms with van der Waals surface area (Å²) in [7, 11) is 0. The summed E-state index contributed by atoms with van der Waals surface area (Å²) in [6.45, 7) is 0. The second kappa shape index (κ2) is 100. The third kappa shape index (κ3) is 109. The van der Waals surface area contributed by atoms with E-state index in [1.807, 2.05) is 0 Å². The Morgan fingerprint density at radius 1 is 0.400 bits per heavy atom. The molecule has 0 heterocycles. The zero-order chi connectivity index (χ0) is 2.71. The third-order valence-corrected chi connectivity index (χ3v) is 0. The minimum atomic E-state index is -2.27. The molecule has 0 spiro atoms. The Labute approximate surface area is 392 Å². The molecule has 0 fully saturated rings. The summed E-state index contributed by atoms with van der Waals surface area (Å²) in [5.41, 5.74) is 0. The zero-order valence-electron chi connectivity index (χ0n) is 10.00. The van der Waals surface area contributed by atoms with Crippen LogP contribution in [0.1, 0.15) is 0 Å². The maximum atomic E-state index is 8.54. The fourth-order valence-electron chi connectivity index (χ4n) is 0. The second-order valence-corrected chi connectivity index (χ2v) is 0.559. The van der Waals surface area contributed by atoms with Gasteiger partial charge >= 0.3 is 376 Å². The smallest absolute Gasteiger partial charge is 1.00 e. The Hall–Kier alpha value is 11.0. The molecule has 15 heavy (non-hydrogen) atoms. The Balaban J connectivity index is -0.000000000303. The van der Waals surface area contributed by atoms with Gasteiger partial charge < -0.3 is 32.9 Å². The van der Waals surface area contributed by atoms with Crippen LogP contribution in [-0.4, -0.2) is 54.0 Å². The molecule has 0 saturated heterocycles. The average molecular weight is 766 g/mol. The Bertz CT molecular complexity index is 40.1. The summed E-state index contributed by atoms with van der Waals surface area (Å²) >= 11 is -2.27. The maximum absolute atomic E-state index is 8.54. The number of rotatable bonds is 0. The summed E-state index contributed by atoms with van der Waals surface area (Å²) in [4.78, 5) is 0. The van der Waals surface area contributed by atoms with Crippen molar-refractivity contribution in [3.8, 4) is 0 Å². The van der Waals surface area contributed by atoms with Gasteiger partial charge in [0.2, 0.25) is 0 Å². The molecule has 0 saturated carbocycles. The van der Waals surface area contributed by atoms with Crippen LogP contribution in [0.5, 0.6) is 0 Å². The van der Waals surface area contributed by atoms with Crippen LogP contribution in [0.3, 0.4) is 0 Å². The normalized spacial score (nSPS) is 0.533. The summed E-state index contributed by atoms with van der Waals surface area (Å²) < 4.78 is 17.1. The largest absolute Gasteiger partial charge is 1.00 e. The summed E-state index contributed by atoms with van der Waals surface area (Å²) in [6, 6.07) is 0. The van der Waals surface area contributed by atoms with Crippen LogP contribution >= 0.6 is 0 Å². The third-order valence-electron chi connectivity index (χ3n) is 0. The quantitative estimate of drug-likeness (QED) is 0.216. The van der Waals surface area contributed by atoms with E-state index >= 15 is 0 Å². The van der Waals surface area contributed by atoms with Crippen molar-refractivity contribution in [2.24, 2.45) is 0 Å². The fourth-order valence-corrected chi connectivity index (χ4v) is 0. The van der Waals surface area contributed by atoms with E-state index in [9.17, 15) is 0 Å². The molecular formula is H6O8Rb6Sn. The van der Waals surface area contributed by atoms with Gasteiger partial charge in [0, 0.05) is 0 Å². The van der Waals surface area contributed by atoms with Crippen LogP contribution in [0.4, 0.5) is 0 Å². The van der Waals surface area contributed by atoms with Crippen LogP contribution in [0.25, 0.3) is 0 Å². The van der Waals surface area contributed by atoms with E-state index in [2.05, 4.69) is 0 Å². The first-order valence-electron chi connectivity index (χ1n) is 0.408. The van der Waals surface area contributed by atoms with Gasteiger partial charge in [0.05, 0.1) is 0 Å². The van der Waals surface area contributed by atoms with Crippen LogP contribution < -0.4 is 349 Å². The predicted molar refractivity (Wildman–Crippen MR) is 18.7 cm³/mol. The molecule has 15 heteroatoms. The van der Waals surface area contributed by atoms with Gasteiger partial charge in [-0.3, -0.25) is 0 Å². The van der Waals surface area contributed by atoms with E-state index < -0.39 is 21.1 Å². The zero-order valence-corrected chi connectivity index (χ0v) is 42.4. The molecule has 0 aliphatic heterocycles. The first-order chi connectivity index (χ1) is 1.41. The number of hydrogen-bond acceptors (Lipinski definition) is 8. The van der Waals surface area contributed by atoms with Crippen molar-refractivity contribution in [1.29, 1.82) is 0 Å². The van der Waals surface area contributed by atoms with Crippen LogP contribution in [0, 0.1) is 0 Å². The molecule has 0 radical (unpaired) electrons. The molecule has 0 rings (SSSR count). The predicted octanol–water partition coefficient (Wildman–Crippen LogP) is -19.7. The standard InChI is InChI=1S/6H2O.2O.6Rb.Sn/h6*1H2;;;;;;;;;/q;;;;;;;;6*+1;/p-6. The van der Waals surface area contributed by atoms with Gasteiger partial charge in [0.15, 0.2) is 0 Å². The van der Waals surface area contributed by atoms with E-state index in [1.54, 1.807) is 0 Å². The molecule has 0 unspecified atom stereocenters. The van der Waals surface area contributed by atoms with E-state index in [0.29, 0.717) is 0 Å². The molecule has 0 bridgehead atoms. The topological polar surface area (TPSA) is 214 Å². The van der Waals surface area contributed by atoms with Gasteiger partial charge in [-0.25, -0.2) is 0 Å². The first kappa shape index (κ1) is 96.2. The molecule has 64 valence electrons. The van der Waals surface area contributed by atoms with E-state index in [4.69, 9.17) is 6.15 Å². The van der Waals surface area contributed by atoms with Crippen molar-refractivity contribution in [3.05, 3.63) is 0 Å². The van der Waals surface area contributed by atoms with Crippen molar-refractivity contribution in [2.45, 2.75) is 0 Å². The SMILES string of the molecule is [OH-].[OH-].[OH-].[OH-].[OH-].[OH-].[O]=[Sn]=[O].[Rb+].[Rb+].[Rb+].[Rb+].[Rb+].[Rb+]. The second-order valence-electron chi connectivity index (χ2n) is 0.0833. The van der Waals surface area contributed by atoms with Crippen molar-refractivity contribution in [2.75, 3.05) is 0 Å². The molecule has 0 amide bonds. The minimum Gasteiger partial charge on any atom is 1.00 e. The molecule has 0 aliphatic carbocycles. The van der Waals surface area contributed by atoms with Crippen LogP contribution in [0.2, 0.25) is 0 Å². The summed E-state index contributed by atoms with van der Waals surface area (Å²) in [5.74, 6) is 0. The van der Waals surface area contributed by atoms with E-state index in [-0.39, 0.29) is 382 Å². The van der Waals surface area contributed by atoms with Gasteiger partial charge in [-0.2, -0.15) is 0 Å². The monoisotopic (exact) mass is 763 g/mol. The molecule has 0 aromatic rings. The minimum absolute atomic E-state index is 0. The van der Waals surface area contributed by atoms with Gasteiger partial charge in [-0.1, -0.05) is 0 Å². The Morgan fingerprint density at radius 3 is 0.400 bits per heavy atom. The van der Waals surface area contributed by atoms with Crippen LogP contribution in [0.15, 0.2) is 0 Å². The van der Waals surface area contributed by atoms with Gasteiger partial charge in [0.1, 0.15) is 0 Å². The molecule has 6 N–H and O–H groups in total.